The quantitative estimate of drug-likeness (QED) is 0.0415. The van der Waals surface area contributed by atoms with Gasteiger partial charge in [-0.1, -0.05) is 194 Å². The van der Waals surface area contributed by atoms with Crippen LogP contribution in [0.4, 0.5) is 0 Å². The summed E-state index contributed by atoms with van der Waals surface area (Å²) in [6.07, 6.45) is 37.8. The van der Waals surface area contributed by atoms with Crippen LogP contribution in [-0.2, 0) is 13.6 Å². The molecule has 0 radical (unpaired) electrons. The van der Waals surface area contributed by atoms with Crippen LogP contribution in [0, 0.1) is 0 Å². The molecule has 0 spiro atoms. The van der Waals surface area contributed by atoms with E-state index in [0.717, 1.165) is 25.7 Å². The Bertz CT molecular complexity index is 489. The topological polar surface area (TPSA) is 76.0 Å². The summed E-state index contributed by atoms with van der Waals surface area (Å²) in [5.41, 5.74) is 0. The first-order valence-electron chi connectivity index (χ1n) is 18.8. The standard InChI is InChI=1S/C36H75O5P/c1-3-5-7-9-11-13-15-17-19-21-23-25-27-29-31-33-35(37)40-42(39)41-36(38)34-32-30-28-26-24-22-20-18-16-14-12-10-8-6-4-2/h35-38,42H,3-34H2,1-2H3. The Morgan fingerprint density at radius 3 is 0.786 bits per heavy atom. The van der Waals surface area contributed by atoms with Crippen molar-refractivity contribution in [2.75, 3.05) is 0 Å². The van der Waals surface area contributed by atoms with Crippen molar-refractivity contribution in [2.45, 2.75) is 232 Å². The molecule has 0 rings (SSSR count). The second kappa shape index (κ2) is 35.5. The summed E-state index contributed by atoms with van der Waals surface area (Å²) in [5, 5.41) is 20.0. The Morgan fingerprint density at radius 2 is 0.571 bits per heavy atom. The van der Waals surface area contributed by atoms with Crippen molar-refractivity contribution >= 4 is 8.25 Å². The summed E-state index contributed by atoms with van der Waals surface area (Å²) < 4.78 is 22.2. The summed E-state index contributed by atoms with van der Waals surface area (Å²) >= 11 is 0. The lowest BCUT2D eigenvalue weighted by Crippen LogP contribution is -2.12. The highest BCUT2D eigenvalue weighted by Gasteiger charge is 2.14. The smallest absolute Gasteiger partial charge is 0.323 e. The van der Waals surface area contributed by atoms with Crippen molar-refractivity contribution in [3.63, 3.8) is 0 Å². The van der Waals surface area contributed by atoms with Crippen LogP contribution < -0.4 is 0 Å². The molecule has 2 N–H and O–H groups in total. The predicted molar refractivity (Wildman–Crippen MR) is 182 cm³/mol. The lowest BCUT2D eigenvalue weighted by molar-refractivity contribution is -0.0648. The van der Waals surface area contributed by atoms with Crippen LogP contribution in [0.3, 0.4) is 0 Å². The molecule has 0 amide bonds. The van der Waals surface area contributed by atoms with Gasteiger partial charge in [0.2, 0.25) is 0 Å². The Balaban J connectivity index is 3.38. The van der Waals surface area contributed by atoms with Gasteiger partial charge in [0.25, 0.3) is 0 Å². The maximum atomic E-state index is 12.0. The number of aliphatic hydroxyl groups is 2. The molecule has 0 heterocycles. The zero-order valence-electron chi connectivity index (χ0n) is 28.4. The fourth-order valence-electron chi connectivity index (χ4n) is 5.75. The number of aliphatic hydroxyl groups excluding tert-OH is 2. The molecule has 0 fully saturated rings. The SMILES string of the molecule is CCCCCCCCCCCCCCCCCC(O)O[PH](=O)OC(O)CCCCCCCCCCCCCCCCC. The van der Waals surface area contributed by atoms with E-state index in [1.165, 1.54) is 167 Å². The largest absolute Gasteiger partial charge is 0.368 e. The van der Waals surface area contributed by atoms with Crippen LogP contribution in [0.2, 0.25) is 0 Å². The minimum absolute atomic E-state index is 0.465. The molecule has 0 aliphatic heterocycles. The van der Waals surface area contributed by atoms with Gasteiger partial charge in [0.1, 0.15) is 0 Å². The van der Waals surface area contributed by atoms with Crippen LogP contribution in [-0.4, -0.2) is 22.8 Å². The van der Waals surface area contributed by atoms with Gasteiger partial charge in [0.05, 0.1) is 0 Å². The minimum Gasteiger partial charge on any atom is -0.368 e. The van der Waals surface area contributed by atoms with Crippen LogP contribution in [0.15, 0.2) is 0 Å². The summed E-state index contributed by atoms with van der Waals surface area (Å²) in [6.45, 7) is 4.54. The first-order valence-corrected chi connectivity index (χ1v) is 20.1. The van der Waals surface area contributed by atoms with Gasteiger partial charge in [-0.2, -0.15) is 0 Å². The van der Waals surface area contributed by atoms with Gasteiger partial charge in [0.15, 0.2) is 12.6 Å². The van der Waals surface area contributed by atoms with Crippen LogP contribution in [0.5, 0.6) is 0 Å². The molecule has 42 heavy (non-hydrogen) atoms. The fourth-order valence-corrected chi connectivity index (χ4v) is 6.48. The first-order chi connectivity index (χ1) is 20.6. The minimum atomic E-state index is -2.88. The first kappa shape index (κ1) is 42.1. The van der Waals surface area contributed by atoms with Crippen LogP contribution in [0.25, 0.3) is 0 Å². The molecular weight excluding hydrogens is 543 g/mol. The molecule has 0 saturated heterocycles. The van der Waals surface area contributed by atoms with Crippen molar-refractivity contribution < 1.29 is 23.8 Å². The van der Waals surface area contributed by atoms with E-state index in [4.69, 9.17) is 9.05 Å². The van der Waals surface area contributed by atoms with Crippen molar-refractivity contribution in [1.29, 1.82) is 0 Å². The molecule has 2 unspecified atom stereocenters. The highest BCUT2D eigenvalue weighted by molar-refractivity contribution is 7.33. The van der Waals surface area contributed by atoms with E-state index in [9.17, 15) is 14.8 Å². The molecule has 0 saturated carbocycles. The van der Waals surface area contributed by atoms with Gasteiger partial charge in [-0.3, -0.25) is 13.6 Å². The second-order valence-electron chi connectivity index (χ2n) is 12.9. The average Bonchev–Trinajstić information content (AvgIpc) is 2.97. The van der Waals surface area contributed by atoms with Gasteiger partial charge in [-0.05, 0) is 25.7 Å². The number of hydrogen-bond acceptors (Lipinski definition) is 5. The van der Waals surface area contributed by atoms with Crippen LogP contribution >= 0.6 is 8.25 Å². The summed E-state index contributed by atoms with van der Waals surface area (Å²) in [7, 11) is -2.88. The van der Waals surface area contributed by atoms with Gasteiger partial charge >= 0.3 is 8.25 Å². The Hall–Kier alpha value is 0.0700. The molecule has 6 heteroatoms. The van der Waals surface area contributed by atoms with E-state index in [2.05, 4.69) is 13.8 Å². The molecule has 0 bridgehead atoms. The Morgan fingerprint density at radius 1 is 0.381 bits per heavy atom. The Kier molecular flexibility index (Phi) is 35.6. The van der Waals surface area contributed by atoms with Crippen molar-refractivity contribution in [2.24, 2.45) is 0 Å². The third-order valence-electron chi connectivity index (χ3n) is 8.57. The third kappa shape index (κ3) is 34.6. The van der Waals surface area contributed by atoms with Crippen LogP contribution in [0.1, 0.15) is 219 Å². The maximum Gasteiger partial charge on any atom is 0.323 e. The molecule has 0 aliphatic rings. The highest BCUT2D eigenvalue weighted by atomic mass is 31.1. The van der Waals surface area contributed by atoms with E-state index in [-0.39, 0.29) is 0 Å². The van der Waals surface area contributed by atoms with Gasteiger partial charge in [-0.15, -0.1) is 0 Å². The number of hydrogen-bond donors (Lipinski definition) is 2. The average molecular weight is 619 g/mol. The molecule has 0 aromatic heterocycles. The summed E-state index contributed by atoms with van der Waals surface area (Å²) in [4.78, 5) is 0. The van der Waals surface area contributed by atoms with Gasteiger partial charge in [-0.25, -0.2) is 0 Å². The summed E-state index contributed by atoms with van der Waals surface area (Å²) in [6, 6.07) is 0. The number of rotatable bonds is 36. The van der Waals surface area contributed by atoms with Crippen molar-refractivity contribution in [1.82, 2.24) is 0 Å². The molecule has 2 atom stereocenters. The zero-order chi connectivity index (χ0) is 30.8. The second-order valence-corrected chi connectivity index (χ2v) is 13.8. The van der Waals surface area contributed by atoms with Crippen molar-refractivity contribution in [3.8, 4) is 0 Å². The Labute approximate surface area is 263 Å². The molecule has 254 valence electrons. The van der Waals surface area contributed by atoms with E-state index >= 15 is 0 Å². The predicted octanol–water partition coefficient (Wildman–Crippen LogP) is 12.6. The monoisotopic (exact) mass is 619 g/mol. The molecule has 0 aliphatic carbocycles. The molecule has 0 aromatic rings. The lowest BCUT2D eigenvalue weighted by atomic mass is 10.0. The zero-order valence-corrected chi connectivity index (χ0v) is 29.4. The fraction of sp³-hybridized carbons (Fsp3) is 1.00. The maximum absolute atomic E-state index is 12.0. The van der Waals surface area contributed by atoms with E-state index in [0.29, 0.717) is 12.8 Å². The van der Waals surface area contributed by atoms with E-state index < -0.39 is 20.8 Å². The normalized spacial score (nSPS) is 13.9. The third-order valence-corrected chi connectivity index (χ3v) is 9.50. The van der Waals surface area contributed by atoms with E-state index in [1.54, 1.807) is 0 Å². The van der Waals surface area contributed by atoms with E-state index in [1.807, 2.05) is 0 Å². The number of unbranched alkanes of at least 4 members (excludes halogenated alkanes) is 28. The highest BCUT2D eigenvalue weighted by Crippen LogP contribution is 2.30. The molecule has 0 aromatic carbocycles. The van der Waals surface area contributed by atoms with Gasteiger partial charge in [0, 0.05) is 0 Å². The van der Waals surface area contributed by atoms with Gasteiger partial charge < -0.3 is 10.2 Å². The molecule has 5 nitrogen and oxygen atoms in total. The summed E-state index contributed by atoms with van der Waals surface area (Å²) in [5.74, 6) is 0. The van der Waals surface area contributed by atoms with Crippen molar-refractivity contribution in [3.05, 3.63) is 0 Å². The molecular formula is C36H75O5P. The lowest BCUT2D eigenvalue weighted by Gasteiger charge is -2.15.